The van der Waals surface area contributed by atoms with Crippen LogP contribution in [0.2, 0.25) is 0 Å². The Morgan fingerprint density at radius 1 is 1.26 bits per heavy atom. The van der Waals surface area contributed by atoms with Crippen LogP contribution >= 0.6 is 15.9 Å². The number of imide groups is 1. The van der Waals surface area contributed by atoms with Crippen molar-refractivity contribution in [2.24, 2.45) is 22.4 Å². The fourth-order valence-electron chi connectivity index (χ4n) is 6.02. The maximum atomic E-state index is 13.4. The van der Waals surface area contributed by atoms with Gasteiger partial charge in [0.2, 0.25) is 11.8 Å². The van der Waals surface area contributed by atoms with Crippen molar-refractivity contribution < 1.29 is 22.2 Å². The Bertz CT molecular complexity index is 998. The van der Waals surface area contributed by atoms with Crippen molar-refractivity contribution in [3.05, 3.63) is 29.3 Å². The molecule has 2 N–H and O–H groups in total. The average molecular weight is 513 g/mol. The zero-order valence-corrected chi connectivity index (χ0v) is 20.1. The second kappa shape index (κ2) is 8.48. The molecule has 3 aliphatic rings. The molecule has 1 aromatic carbocycles. The SMILES string of the molecule is CC12CCC3c4ccc(OS(N)(=O)=O)cc4CCC3C1CC(=O)N(CCCCBr)C2=O. The van der Waals surface area contributed by atoms with Crippen LogP contribution in [0.4, 0.5) is 0 Å². The summed E-state index contributed by atoms with van der Waals surface area (Å²) < 4.78 is 27.3. The fourth-order valence-corrected chi connectivity index (χ4v) is 6.79. The van der Waals surface area contributed by atoms with Crippen molar-refractivity contribution in [3.63, 3.8) is 0 Å². The molecule has 0 bridgehead atoms. The summed E-state index contributed by atoms with van der Waals surface area (Å²) in [6.07, 6.45) is 5.48. The number of benzene rings is 1. The number of carbonyl (C=O) groups excluding carboxylic acids is 2. The van der Waals surface area contributed by atoms with Crippen LogP contribution in [0.1, 0.15) is 62.5 Å². The second-order valence-electron chi connectivity index (χ2n) is 9.26. The summed E-state index contributed by atoms with van der Waals surface area (Å²) in [5.41, 5.74) is 1.76. The molecule has 0 aromatic heterocycles. The minimum absolute atomic E-state index is 0.00414. The molecule has 7 nitrogen and oxygen atoms in total. The van der Waals surface area contributed by atoms with Gasteiger partial charge >= 0.3 is 10.3 Å². The maximum absolute atomic E-state index is 13.4. The van der Waals surface area contributed by atoms with E-state index in [1.54, 1.807) is 12.1 Å². The quantitative estimate of drug-likeness (QED) is 0.357. The van der Waals surface area contributed by atoms with E-state index in [9.17, 15) is 18.0 Å². The molecule has 1 aromatic rings. The molecule has 0 radical (unpaired) electrons. The number of piperidine rings is 1. The average Bonchev–Trinajstić information content (AvgIpc) is 2.70. The number of aryl methyl sites for hydroxylation is 1. The van der Waals surface area contributed by atoms with Crippen LogP contribution in [0.15, 0.2) is 18.2 Å². The number of nitrogens with zero attached hydrogens (tertiary/aromatic N) is 1. The van der Waals surface area contributed by atoms with Gasteiger partial charge < -0.3 is 4.18 Å². The number of likely N-dealkylation sites (tertiary alicyclic amines) is 1. The van der Waals surface area contributed by atoms with Gasteiger partial charge in [0.15, 0.2) is 0 Å². The molecule has 1 aliphatic heterocycles. The predicted octanol–water partition coefficient (Wildman–Crippen LogP) is 3.27. The highest BCUT2D eigenvalue weighted by atomic mass is 79.9. The number of hydrogen-bond acceptors (Lipinski definition) is 5. The zero-order valence-electron chi connectivity index (χ0n) is 17.7. The number of amides is 2. The van der Waals surface area contributed by atoms with Crippen molar-refractivity contribution in [3.8, 4) is 5.75 Å². The Labute approximate surface area is 192 Å². The Hall–Kier alpha value is -1.45. The third-order valence-electron chi connectivity index (χ3n) is 7.49. The van der Waals surface area contributed by atoms with Crippen LogP contribution in [-0.2, 0) is 26.3 Å². The van der Waals surface area contributed by atoms with E-state index >= 15 is 0 Å². The first-order valence-corrected chi connectivity index (χ1v) is 13.5. The smallest absolute Gasteiger partial charge is 0.371 e. The predicted molar refractivity (Wildman–Crippen MR) is 120 cm³/mol. The monoisotopic (exact) mass is 512 g/mol. The molecule has 4 rings (SSSR count). The molecular weight excluding hydrogens is 484 g/mol. The van der Waals surface area contributed by atoms with Crippen LogP contribution < -0.4 is 9.32 Å². The molecule has 9 heteroatoms. The highest BCUT2D eigenvalue weighted by Crippen LogP contribution is 2.58. The molecule has 1 saturated heterocycles. The van der Waals surface area contributed by atoms with Gasteiger partial charge in [0, 0.05) is 18.3 Å². The molecule has 1 heterocycles. The van der Waals surface area contributed by atoms with E-state index in [4.69, 9.17) is 9.32 Å². The van der Waals surface area contributed by atoms with Crippen molar-refractivity contribution >= 4 is 38.0 Å². The molecular formula is C22H29BrN2O5S. The van der Waals surface area contributed by atoms with Crippen LogP contribution in [0.5, 0.6) is 5.75 Å². The van der Waals surface area contributed by atoms with E-state index in [0.717, 1.165) is 49.4 Å². The third-order valence-corrected chi connectivity index (χ3v) is 8.48. The van der Waals surface area contributed by atoms with Gasteiger partial charge in [-0.05, 0) is 79.5 Å². The van der Waals surface area contributed by atoms with Crippen molar-refractivity contribution in [2.45, 2.75) is 57.8 Å². The molecule has 4 atom stereocenters. The first-order valence-electron chi connectivity index (χ1n) is 10.9. The summed E-state index contributed by atoms with van der Waals surface area (Å²) in [7, 11) is -4.06. The summed E-state index contributed by atoms with van der Waals surface area (Å²) in [4.78, 5) is 27.8. The summed E-state index contributed by atoms with van der Waals surface area (Å²) in [6, 6.07) is 5.32. The minimum atomic E-state index is -4.06. The largest absolute Gasteiger partial charge is 0.380 e. The lowest BCUT2D eigenvalue weighted by atomic mass is 9.52. The summed E-state index contributed by atoms with van der Waals surface area (Å²) in [6.45, 7) is 2.56. The van der Waals surface area contributed by atoms with Gasteiger partial charge in [-0.1, -0.05) is 28.9 Å². The second-order valence-corrected chi connectivity index (χ2v) is 11.2. The summed E-state index contributed by atoms with van der Waals surface area (Å²) in [5, 5.41) is 5.86. The topological polar surface area (TPSA) is 107 Å². The Morgan fingerprint density at radius 3 is 2.74 bits per heavy atom. The Kier molecular flexibility index (Phi) is 6.22. The molecule has 170 valence electrons. The van der Waals surface area contributed by atoms with Gasteiger partial charge in [-0.15, -0.1) is 0 Å². The molecule has 2 fully saturated rings. The number of rotatable bonds is 6. The first kappa shape index (κ1) is 22.7. The van der Waals surface area contributed by atoms with Crippen molar-refractivity contribution in [2.75, 3.05) is 11.9 Å². The van der Waals surface area contributed by atoms with Crippen LogP contribution in [0.25, 0.3) is 0 Å². The number of fused-ring (bicyclic) bond motifs is 5. The number of unbranched alkanes of at least 4 members (excludes halogenated alkanes) is 1. The molecule has 2 amide bonds. The van der Waals surface area contributed by atoms with Gasteiger partial charge in [-0.2, -0.15) is 13.6 Å². The number of nitrogens with two attached hydrogens (primary N) is 1. The highest BCUT2D eigenvalue weighted by Gasteiger charge is 2.57. The van der Waals surface area contributed by atoms with Gasteiger partial charge in [-0.3, -0.25) is 14.5 Å². The molecule has 1 saturated carbocycles. The highest BCUT2D eigenvalue weighted by molar-refractivity contribution is 9.09. The molecule has 0 spiro atoms. The van der Waals surface area contributed by atoms with Gasteiger partial charge in [0.05, 0.1) is 5.41 Å². The Balaban J connectivity index is 1.57. The number of carbonyl (C=O) groups is 2. The van der Waals surface area contributed by atoms with Crippen LogP contribution in [-0.4, -0.2) is 37.0 Å². The lowest BCUT2D eigenvalue weighted by Gasteiger charge is -2.54. The lowest BCUT2D eigenvalue weighted by Crippen LogP contribution is -2.59. The van der Waals surface area contributed by atoms with E-state index in [1.165, 1.54) is 10.5 Å². The number of halogens is 1. The van der Waals surface area contributed by atoms with Crippen molar-refractivity contribution in [1.29, 1.82) is 0 Å². The van der Waals surface area contributed by atoms with E-state index in [1.807, 2.05) is 6.07 Å². The Morgan fingerprint density at radius 2 is 2.03 bits per heavy atom. The minimum Gasteiger partial charge on any atom is -0.371 e. The van der Waals surface area contributed by atoms with E-state index in [2.05, 4.69) is 22.9 Å². The third kappa shape index (κ3) is 4.28. The normalized spacial score (nSPS) is 30.4. The molecule has 2 aliphatic carbocycles. The van der Waals surface area contributed by atoms with Crippen molar-refractivity contribution in [1.82, 2.24) is 4.90 Å². The standard InChI is InChI=1S/C22H29BrN2O5S/c1-22-9-8-17-16-7-5-15(30-31(24,28)29)12-14(16)4-6-18(17)19(22)13-20(26)25(21(22)27)11-3-2-10-23/h5,7,12,17-19H,2-4,6,8-11,13H2,1H3,(H2,24,28,29). The van der Waals surface area contributed by atoms with Gasteiger partial charge in [0.1, 0.15) is 5.75 Å². The lowest BCUT2D eigenvalue weighted by molar-refractivity contribution is -0.167. The first-order chi connectivity index (χ1) is 14.6. The van der Waals surface area contributed by atoms with Crippen LogP contribution in [0, 0.1) is 17.3 Å². The van der Waals surface area contributed by atoms with Gasteiger partial charge in [0.25, 0.3) is 0 Å². The summed E-state index contributed by atoms with van der Waals surface area (Å²) in [5.74, 6) is 0.782. The zero-order chi connectivity index (χ0) is 22.4. The molecule has 31 heavy (non-hydrogen) atoms. The maximum Gasteiger partial charge on any atom is 0.380 e. The van der Waals surface area contributed by atoms with Gasteiger partial charge in [-0.25, -0.2) is 0 Å². The fraction of sp³-hybridized carbons (Fsp3) is 0.636. The number of hydrogen-bond donors (Lipinski definition) is 1. The van der Waals surface area contributed by atoms with Crippen LogP contribution in [0.3, 0.4) is 0 Å². The summed E-state index contributed by atoms with van der Waals surface area (Å²) >= 11 is 3.41. The number of alkyl halides is 1. The van der Waals surface area contributed by atoms with E-state index in [0.29, 0.717) is 13.0 Å². The van der Waals surface area contributed by atoms with E-state index < -0.39 is 15.7 Å². The van der Waals surface area contributed by atoms with E-state index in [-0.39, 0.29) is 35.3 Å². The molecule has 4 unspecified atom stereocenters.